The Bertz CT molecular complexity index is 692. The van der Waals surface area contributed by atoms with E-state index < -0.39 is 18.0 Å². The molecule has 114 valence electrons. The smallest absolute Gasteiger partial charge is 0.338 e. The van der Waals surface area contributed by atoms with Crippen LogP contribution in [0.3, 0.4) is 0 Å². The van der Waals surface area contributed by atoms with E-state index in [4.69, 9.17) is 4.74 Å². The standard InChI is InChI=1S/C17H16O5/c1-2-16(19)21-10-15(18)11-22-17(20)14-8-7-12-5-3-4-6-13(12)9-14/h2-9,15,18H,1,10-11H2. The summed E-state index contributed by atoms with van der Waals surface area (Å²) in [6.45, 7) is 2.73. The van der Waals surface area contributed by atoms with E-state index in [1.54, 1.807) is 12.1 Å². The second kappa shape index (κ2) is 7.38. The summed E-state index contributed by atoms with van der Waals surface area (Å²) in [6, 6.07) is 12.9. The number of esters is 2. The van der Waals surface area contributed by atoms with Crippen molar-refractivity contribution < 1.29 is 24.2 Å². The molecule has 0 bridgehead atoms. The molecule has 1 unspecified atom stereocenters. The van der Waals surface area contributed by atoms with E-state index in [1.165, 1.54) is 0 Å². The number of hydrogen-bond donors (Lipinski definition) is 1. The van der Waals surface area contributed by atoms with E-state index in [9.17, 15) is 14.7 Å². The second-order valence-corrected chi connectivity index (χ2v) is 4.65. The fourth-order valence-electron chi connectivity index (χ4n) is 1.86. The van der Waals surface area contributed by atoms with Crippen LogP contribution in [0.25, 0.3) is 10.8 Å². The van der Waals surface area contributed by atoms with Crippen LogP contribution in [0, 0.1) is 0 Å². The number of aliphatic hydroxyl groups excluding tert-OH is 1. The van der Waals surface area contributed by atoms with E-state index >= 15 is 0 Å². The molecule has 1 N–H and O–H groups in total. The molecule has 5 nitrogen and oxygen atoms in total. The first-order valence-electron chi connectivity index (χ1n) is 6.73. The van der Waals surface area contributed by atoms with Gasteiger partial charge >= 0.3 is 11.9 Å². The monoisotopic (exact) mass is 300 g/mol. The molecule has 1 atom stereocenters. The Labute approximate surface area is 127 Å². The third-order valence-electron chi connectivity index (χ3n) is 2.98. The van der Waals surface area contributed by atoms with E-state index in [2.05, 4.69) is 11.3 Å². The lowest BCUT2D eigenvalue weighted by molar-refractivity contribution is -0.141. The molecule has 0 fully saturated rings. The Kier molecular flexibility index (Phi) is 5.27. The Hall–Kier alpha value is -2.66. The molecule has 0 heterocycles. The summed E-state index contributed by atoms with van der Waals surface area (Å²) < 4.78 is 9.65. The summed E-state index contributed by atoms with van der Waals surface area (Å²) in [5.74, 6) is -1.18. The van der Waals surface area contributed by atoms with Gasteiger partial charge in [-0.25, -0.2) is 9.59 Å². The number of aliphatic hydroxyl groups is 1. The van der Waals surface area contributed by atoms with Crippen LogP contribution in [0.15, 0.2) is 55.1 Å². The number of rotatable bonds is 6. The van der Waals surface area contributed by atoms with Crippen LogP contribution in [0.4, 0.5) is 0 Å². The molecule has 0 radical (unpaired) electrons. The molecule has 22 heavy (non-hydrogen) atoms. The van der Waals surface area contributed by atoms with Crippen molar-refractivity contribution in [3.63, 3.8) is 0 Å². The zero-order valence-corrected chi connectivity index (χ0v) is 11.9. The van der Waals surface area contributed by atoms with Gasteiger partial charge in [0.25, 0.3) is 0 Å². The molecule has 0 aliphatic rings. The van der Waals surface area contributed by atoms with E-state index in [0.717, 1.165) is 16.8 Å². The number of carbonyl (C=O) groups excluding carboxylic acids is 2. The molecule has 2 aromatic carbocycles. The fourth-order valence-corrected chi connectivity index (χ4v) is 1.86. The SMILES string of the molecule is C=CC(=O)OCC(O)COC(=O)c1ccc2ccccc2c1. The molecule has 0 aliphatic heterocycles. The average molecular weight is 300 g/mol. The molecular formula is C17H16O5. The topological polar surface area (TPSA) is 72.8 Å². The first-order valence-corrected chi connectivity index (χ1v) is 6.73. The van der Waals surface area contributed by atoms with Gasteiger partial charge in [-0.2, -0.15) is 0 Å². The highest BCUT2D eigenvalue weighted by atomic mass is 16.6. The van der Waals surface area contributed by atoms with Crippen molar-refractivity contribution >= 4 is 22.7 Å². The third-order valence-corrected chi connectivity index (χ3v) is 2.98. The third kappa shape index (κ3) is 4.17. The fraction of sp³-hybridized carbons (Fsp3) is 0.176. The van der Waals surface area contributed by atoms with Gasteiger partial charge in [-0.05, 0) is 22.9 Å². The van der Waals surface area contributed by atoms with E-state index in [1.807, 2.05) is 30.3 Å². The van der Waals surface area contributed by atoms with Gasteiger partial charge in [0.15, 0.2) is 0 Å². The summed E-state index contributed by atoms with van der Waals surface area (Å²) in [4.78, 5) is 22.8. The first kappa shape index (κ1) is 15.7. The van der Waals surface area contributed by atoms with Crippen LogP contribution < -0.4 is 0 Å². The Balaban J connectivity index is 1.90. The lowest BCUT2D eigenvalue weighted by Crippen LogP contribution is -2.25. The van der Waals surface area contributed by atoms with E-state index in [0.29, 0.717) is 5.56 Å². The molecule has 0 saturated carbocycles. The zero-order valence-electron chi connectivity index (χ0n) is 11.9. The van der Waals surface area contributed by atoms with Crippen LogP contribution >= 0.6 is 0 Å². The molecule has 0 amide bonds. The molecular weight excluding hydrogens is 284 g/mol. The van der Waals surface area contributed by atoms with Crippen LogP contribution in [-0.4, -0.2) is 36.4 Å². The van der Waals surface area contributed by atoms with Crippen LogP contribution in [0.2, 0.25) is 0 Å². The Morgan fingerprint density at radius 3 is 2.50 bits per heavy atom. The van der Waals surface area contributed by atoms with Gasteiger partial charge in [-0.1, -0.05) is 36.9 Å². The molecule has 0 aromatic heterocycles. The summed E-state index contributed by atoms with van der Waals surface area (Å²) >= 11 is 0. The van der Waals surface area contributed by atoms with Crippen molar-refractivity contribution in [2.24, 2.45) is 0 Å². The highest BCUT2D eigenvalue weighted by Crippen LogP contribution is 2.16. The normalized spacial score (nSPS) is 11.7. The van der Waals surface area contributed by atoms with Gasteiger partial charge in [0, 0.05) is 6.08 Å². The summed E-state index contributed by atoms with van der Waals surface area (Å²) in [7, 11) is 0. The molecule has 0 aliphatic carbocycles. The number of benzene rings is 2. The number of hydrogen-bond acceptors (Lipinski definition) is 5. The minimum absolute atomic E-state index is 0.254. The first-order chi connectivity index (χ1) is 10.6. The van der Waals surface area contributed by atoms with Crippen LogP contribution in [0.1, 0.15) is 10.4 Å². The maximum atomic E-state index is 11.9. The molecule has 2 rings (SSSR count). The van der Waals surface area contributed by atoms with Crippen molar-refractivity contribution in [2.75, 3.05) is 13.2 Å². The van der Waals surface area contributed by atoms with Crippen molar-refractivity contribution in [1.29, 1.82) is 0 Å². The van der Waals surface area contributed by atoms with Gasteiger partial charge in [-0.3, -0.25) is 0 Å². The minimum atomic E-state index is -1.08. The summed E-state index contributed by atoms with van der Waals surface area (Å²) in [5.41, 5.74) is 0.397. The van der Waals surface area contributed by atoms with Gasteiger partial charge in [0.2, 0.25) is 0 Å². The number of carbonyl (C=O) groups is 2. The van der Waals surface area contributed by atoms with Crippen molar-refractivity contribution in [3.8, 4) is 0 Å². The van der Waals surface area contributed by atoms with Gasteiger partial charge in [0.05, 0.1) is 5.56 Å². The predicted octanol–water partition coefficient (Wildman–Crippen LogP) is 2.09. The van der Waals surface area contributed by atoms with Crippen LogP contribution in [-0.2, 0) is 14.3 Å². The van der Waals surface area contributed by atoms with Gasteiger partial charge < -0.3 is 14.6 Å². The number of ether oxygens (including phenoxy) is 2. The molecule has 0 spiro atoms. The maximum Gasteiger partial charge on any atom is 0.338 e. The van der Waals surface area contributed by atoms with Gasteiger partial charge in [0.1, 0.15) is 19.3 Å². The Morgan fingerprint density at radius 2 is 1.77 bits per heavy atom. The maximum absolute atomic E-state index is 11.9. The number of fused-ring (bicyclic) bond motifs is 1. The summed E-state index contributed by atoms with van der Waals surface area (Å²) in [5, 5.41) is 11.5. The average Bonchev–Trinajstić information content (AvgIpc) is 2.56. The van der Waals surface area contributed by atoms with E-state index in [-0.39, 0.29) is 13.2 Å². The predicted molar refractivity (Wildman–Crippen MR) is 81.4 cm³/mol. The van der Waals surface area contributed by atoms with Crippen molar-refractivity contribution in [2.45, 2.75) is 6.10 Å². The minimum Gasteiger partial charge on any atom is -0.460 e. The lowest BCUT2D eigenvalue weighted by Gasteiger charge is -2.11. The van der Waals surface area contributed by atoms with Crippen molar-refractivity contribution in [3.05, 3.63) is 60.7 Å². The van der Waals surface area contributed by atoms with Crippen LogP contribution in [0.5, 0.6) is 0 Å². The van der Waals surface area contributed by atoms with Crippen molar-refractivity contribution in [1.82, 2.24) is 0 Å². The lowest BCUT2D eigenvalue weighted by atomic mass is 10.1. The van der Waals surface area contributed by atoms with Gasteiger partial charge in [-0.15, -0.1) is 0 Å². The quantitative estimate of drug-likeness (QED) is 0.653. The highest BCUT2D eigenvalue weighted by molar-refractivity contribution is 5.95. The molecule has 2 aromatic rings. The largest absolute Gasteiger partial charge is 0.460 e. The zero-order chi connectivity index (χ0) is 15.9. The Morgan fingerprint density at radius 1 is 1.09 bits per heavy atom. The highest BCUT2D eigenvalue weighted by Gasteiger charge is 2.12. The second-order valence-electron chi connectivity index (χ2n) is 4.65. The molecule has 5 heteroatoms. The molecule has 0 saturated heterocycles. The summed E-state index contributed by atoms with van der Waals surface area (Å²) in [6.07, 6.45) is -0.0818.